The molecule has 0 saturated heterocycles. The maximum atomic E-state index is 13.1. The fourth-order valence-electron chi connectivity index (χ4n) is 13.0. The van der Waals surface area contributed by atoms with E-state index in [9.17, 15) is 14.4 Å². The molecule has 0 aromatic carbocycles. The molecule has 2 N–H and O–H groups in total. The fourth-order valence-corrected chi connectivity index (χ4v) is 13.0. The van der Waals surface area contributed by atoms with Gasteiger partial charge in [0.25, 0.3) is 0 Å². The molecule has 7 nitrogen and oxygen atoms in total. The molecule has 4 rings (SSSR count). The summed E-state index contributed by atoms with van der Waals surface area (Å²) in [6.07, 6.45) is 47.8. The molecular weight excluding hydrogens is 829 g/mol. The van der Waals surface area contributed by atoms with Gasteiger partial charge in [0.05, 0.1) is 6.61 Å². The first-order valence-corrected chi connectivity index (χ1v) is 28.0. The first kappa shape index (κ1) is 56.7. The Kier molecular flexibility index (Phi) is 26.5. The zero-order valence-corrected chi connectivity index (χ0v) is 44.1. The van der Waals surface area contributed by atoms with Crippen LogP contribution >= 0.6 is 0 Å². The number of nitrogens with one attached hydrogen (secondary N) is 2. The molecule has 0 spiro atoms. The van der Waals surface area contributed by atoms with Crippen LogP contribution in [0.25, 0.3) is 0 Å². The highest BCUT2D eigenvalue weighted by Gasteiger charge is 2.59. The van der Waals surface area contributed by atoms with Crippen LogP contribution in [0.3, 0.4) is 0 Å². The average molecular weight is 929 g/mol. The van der Waals surface area contributed by atoms with Gasteiger partial charge in [-0.05, 0) is 182 Å². The lowest BCUT2D eigenvalue weighted by Crippen LogP contribution is -2.51. The van der Waals surface area contributed by atoms with Gasteiger partial charge in [-0.25, -0.2) is 0 Å². The minimum absolute atomic E-state index is 0.0116. The Morgan fingerprint density at radius 3 is 2.16 bits per heavy atom. The van der Waals surface area contributed by atoms with Gasteiger partial charge in [0.15, 0.2) is 0 Å². The summed E-state index contributed by atoms with van der Waals surface area (Å²) in [4.78, 5) is 38.5. The van der Waals surface area contributed by atoms with Crippen LogP contribution in [-0.2, 0) is 23.9 Å². The molecule has 0 aromatic heterocycles. The third-order valence-corrected chi connectivity index (χ3v) is 17.0. The second kappa shape index (κ2) is 31.3. The quantitative estimate of drug-likeness (QED) is 0.0387. The summed E-state index contributed by atoms with van der Waals surface area (Å²) < 4.78 is 11.6. The number of allylic oxidation sites excluding steroid dienone is 9. The number of carbonyl (C=O) groups excluding carboxylic acids is 3. The van der Waals surface area contributed by atoms with Crippen LogP contribution in [0.4, 0.5) is 0 Å². The summed E-state index contributed by atoms with van der Waals surface area (Å²) in [5.74, 6) is 4.83. The highest BCUT2D eigenvalue weighted by molar-refractivity contribution is 5.78. The normalized spacial score (nSPS) is 27.0. The van der Waals surface area contributed by atoms with Crippen molar-refractivity contribution in [1.82, 2.24) is 10.6 Å². The first-order valence-electron chi connectivity index (χ1n) is 28.0. The molecule has 3 fully saturated rings. The smallest absolute Gasteiger partial charge is 0.306 e. The highest BCUT2D eigenvalue weighted by Crippen LogP contribution is 2.67. The molecule has 380 valence electrons. The number of carbonyl (C=O) groups is 3. The second-order valence-corrected chi connectivity index (χ2v) is 22.3. The highest BCUT2D eigenvalue weighted by atomic mass is 16.5. The Labute approximate surface area is 411 Å². The van der Waals surface area contributed by atoms with Crippen molar-refractivity contribution in [2.24, 2.45) is 52.3 Å². The van der Waals surface area contributed by atoms with Crippen LogP contribution < -0.4 is 10.6 Å². The van der Waals surface area contributed by atoms with Gasteiger partial charge in [0, 0.05) is 31.7 Å². The van der Waals surface area contributed by atoms with E-state index in [1.807, 2.05) is 7.05 Å². The lowest BCUT2D eigenvalue weighted by Gasteiger charge is -2.58. The number of amides is 1. The molecule has 0 bridgehead atoms. The van der Waals surface area contributed by atoms with E-state index in [1.54, 1.807) is 5.57 Å². The summed E-state index contributed by atoms with van der Waals surface area (Å²) in [5.41, 5.74) is 2.35. The lowest BCUT2D eigenvalue weighted by molar-refractivity contribution is -0.151. The Morgan fingerprint density at radius 1 is 0.716 bits per heavy atom. The van der Waals surface area contributed by atoms with Crippen LogP contribution in [0.5, 0.6) is 0 Å². The summed E-state index contributed by atoms with van der Waals surface area (Å²) in [5, 5.41) is 6.32. The molecule has 4 aliphatic carbocycles. The number of esters is 2. The standard InChI is InChI=1S/C60H100N2O5/c1-8-9-10-11-12-13-14-15-16-17-18-19-20-21-27-45-66-56(63)32-25-26-43-62-58(65)49(40-44-61-7)31-23-22-24-33-57(64)67-51-38-41-59(5)50(46-51)34-35-52-54-37-36-53(48(4)30-28-29-47(2)3)60(54,6)42-39-55(52)59/h9-10,12-13,15-16,18-19,34,47-49,51-55,61H,8,11,14,17,20-33,35-46H2,1-7H3,(H,62,65)/b10-9+,13-12+,16-15+,19-18+. The van der Waals surface area contributed by atoms with Crippen molar-refractivity contribution in [2.45, 2.75) is 221 Å². The van der Waals surface area contributed by atoms with Gasteiger partial charge in [-0.3, -0.25) is 14.4 Å². The van der Waals surface area contributed by atoms with Crippen molar-refractivity contribution in [3.63, 3.8) is 0 Å². The predicted molar refractivity (Wildman–Crippen MR) is 280 cm³/mol. The van der Waals surface area contributed by atoms with E-state index >= 15 is 0 Å². The van der Waals surface area contributed by atoms with E-state index in [0.717, 1.165) is 145 Å². The minimum Gasteiger partial charge on any atom is -0.466 e. The Bertz CT molecular complexity index is 1590. The molecule has 0 aromatic rings. The zero-order valence-electron chi connectivity index (χ0n) is 44.1. The Hall–Kier alpha value is -2.93. The fraction of sp³-hybridized carbons (Fsp3) is 0.783. The Morgan fingerprint density at radius 2 is 1.43 bits per heavy atom. The van der Waals surface area contributed by atoms with Crippen molar-refractivity contribution in [2.75, 3.05) is 26.7 Å². The average Bonchev–Trinajstić information content (AvgIpc) is 3.67. The summed E-state index contributed by atoms with van der Waals surface area (Å²) in [6.45, 7) is 16.5. The molecule has 1 amide bonds. The molecule has 3 saturated carbocycles. The van der Waals surface area contributed by atoms with Crippen LogP contribution in [-0.4, -0.2) is 50.7 Å². The minimum atomic E-state index is -0.152. The molecule has 9 atom stereocenters. The number of ether oxygens (including phenoxy) is 2. The van der Waals surface area contributed by atoms with E-state index in [1.165, 1.54) is 51.4 Å². The van der Waals surface area contributed by atoms with Crippen LogP contribution in [0.15, 0.2) is 60.3 Å². The molecule has 0 radical (unpaired) electrons. The van der Waals surface area contributed by atoms with Crippen molar-refractivity contribution >= 4 is 17.8 Å². The van der Waals surface area contributed by atoms with Gasteiger partial charge in [-0.15, -0.1) is 0 Å². The first-order chi connectivity index (χ1) is 32.4. The molecule has 0 heterocycles. The molecule has 4 aliphatic rings. The lowest BCUT2D eigenvalue weighted by atomic mass is 9.47. The van der Waals surface area contributed by atoms with E-state index in [-0.39, 0.29) is 35.3 Å². The van der Waals surface area contributed by atoms with E-state index in [2.05, 4.69) is 107 Å². The number of hydrogen-bond donors (Lipinski definition) is 2. The van der Waals surface area contributed by atoms with Gasteiger partial charge in [-0.2, -0.15) is 0 Å². The van der Waals surface area contributed by atoms with Crippen molar-refractivity contribution in [1.29, 1.82) is 0 Å². The van der Waals surface area contributed by atoms with E-state index in [4.69, 9.17) is 9.47 Å². The third kappa shape index (κ3) is 19.1. The SMILES string of the molecule is CC/C=C/C/C=C/C/C=C/C/C=C/CCCCOC(=O)CCCCNC(=O)C(CCCCCC(=O)OC1CCC2(C)C(=CCC3C2CCC2(C)C(C(C)CCCC(C)C)CCC32)C1)CCNC. The summed E-state index contributed by atoms with van der Waals surface area (Å²) in [6, 6.07) is 0. The maximum absolute atomic E-state index is 13.1. The zero-order chi connectivity index (χ0) is 48.3. The second-order valence-electron chi connectivity index (χ2n) is 22.3. The molecule has 9 unspecified atom stereocenters. The van der Waals surface area contributed by atoms with E-state index in [0.29, 0.717) is 37.8 Å². The summed E-state index contributed by atoms with van der Waals surface area (Å²) >= 11 is 0. The van der Waals surface area contributed by atoms with Crippen molar-refractivity contribution < 1.29 is 23.9 Å². The van der Waals surface area contributed by atoms with Gasteiger partial charge >= 0.3 is 11.9 Å². The maximum Gasteiger partial charge on any atom is 0.306 e. The van der Waals surface area contributed by atoms with Crippen molar-refractivity contribution in [3.05, 3.63) is 60.3 Å². The molecule has 0 aliphatic heterocycles. The molecular formula is C60H100N2O5. The molecule has 67 heavy (non-hydrogen) atoms. The van der Waals surface area contributed by atoms with Crippen LogP contribution in [0.1, 0.15) is 215 Å². The van der Waals surface area contributed by atoms with Gasteiger partial charge in [0.1, 0.15) is 6.10 Å². The number of hydrogen-bond acceptors (Lipinski definition) is 6. The van der Waals surface area contributed by atoms with Crippen LogP contribution in [0.2, 0.25) is 0 Å². The monoisotopic (exact) mass is 929 g/mol. The van der Waals surface area contributed by atoms with Crippen LogP contribution in [0, 0.1) is 52.3 Å². The number of unbranched alkanes of at least 4 members (excludes halogenated alkanes) is 5. The van der Waals surface area contributed by atoms with Gasteiger partial charge in [0.2, 0.25) is 5.91 Å². The van der Waals surface area contributed by atoms with E-state index < -0.39 is 0 Å². The third-order valence-electron chi connectivity index (χ3n) is 17.0. The Balaban J connectivity index is 1.04. The largest absolute Gasteiger partial charge is 0.466 e. The van der Waals surface area contributed by atoms with Gasteiger partial charge in [-0.1, -0.05) is 134 Å². The van der Waals surface area contributed by atoms with Crippen molar-refractivity contribution in [3.8, 4) is 0 Å². The molecule has 7 heteroatoms. The predicted octanol–water partition coefficient (Wildman–Crippen LogP) is 14.9. The van der Waals surface area contributed by atoms with Gasteiger partial charge < -0.3 is 20.1 Å². The topological polar surface area (TPSA) is 93.7 Å². The summed E-state index contributed by atoms with van der Waals surface area (Å²) in [7, 11) is 1.92. The number of rotatable bonds is 33. The number of fused-ring (bicyclic) bond motifs is 5.